The second kappa shape index (κ2) is 5.42. The summed E-state index contributed by atoms with van der Waals surface area (Å²) in [6, 6.07) is 1.04. The van der Waals surface area contributed by atoms with E-state index in [2.05, 4.69) is 9.59 Å². The third-order valence-corrected chi connectivity index (χ3v) is 4.16. The molecule has 0 aliphatic carbocycles. The number of halogens is 2. The molecule has 0 unspecified atom stereocenters. The summed E-state index contributed by atoms with van der Waals surface area (Å²) >= 11 is 0.762. The summed E-state index contributed by atoms with van der Waals surface area (Å²) in [5.74, 6) is -3.33. The standard InChI is InChI=1S/C10H8F2N4O3S2/c1-4-9(20-16-15-4)10(17)14-8-6(11)2-5(3-7(8)12)21(13,18)19/h2-3H,1H3,(H,14,17)(H2,13,18,19). The Hall–Kier alpha value is -1.98. The molecule has 1 amide bonds. The molecule has 0 aliphatic heterocycles. The highest BCUT2D eigenvalue weighted by atomic mass is 32.2. The number of primary sulfonamides is 1. The van der Waals surface area contributed by atoms with E-state index in [1.165, 1.54) is 6.92 Å². The number of hydrogen-bond donors (Lipinski definition) is 2. The summed E-state index contributed by atoms with van der Waals surface area (Å²) in [5.41, 5.74) is -0.473. The third-order valence-electron chi connectivity index (χ3n) is 2.44. The van der Waals surface area contributed by atoms with Crippen molar-refractivity contribution < 1.29 is 22.0 Å². The number of aryl methyl sites for hydroxylation is 1. The number of carbonyl (C=O) groups excluding carboxylic acids is 1. The summed E-state index contributed by atoms with van der Waals surface area (Å²) in [7, 11) is -4.25. The number of hydrogen-bond acceptors (Lipinski definition) is 6. The van der Waals surface area contributed by atoms with Crippen LogP contribution in [-0.2, 0) is 10.0 Å². The number of carbonyl (C=O) groups is 1. The summed E-state index contributed by atoms with van der Waals surface area (Å²) in [6.07, 6.45) is 0. The van der Waals surface area contributed by atoms with Crippen LogP contribution in [0.25, 0.3) is 0 Å². The Balaban J connectivity index is 2.38. The number of benzene rings is 1. The van der Waals surface area contributed by atoms with Crippen LogP contribution in [0.4, 0.5) is 14.5 Å². The van der Waals surface area contributed by atoms with Crippen LogP contribution in [0.3, 0.4) is 0 Å². The fraction of sp³-hybridized carbons (Fsp3) is 0.100. The van der Waals surface area contributed by atoms with Crippen LogP contribution in [0.1, 0.15) is 15.4 Å². The van der Waals surface area contributed by atoms with Gasteiger partial charge in [-0.2, -0.15) is 0 Å². The average molecular weight is 334 g/mol. The first kappa shape index (κ1) is 15.4. The summed E-state index contributed by atoms with van der Waals surface area (Å²) < 4.78 is 53.1. The highest BCUT2D eigenvalue weighted by molar-refractivity contribution is 7.89. The zero-order chi connectivity index (χ0) is 15.8. The molecule has 0 saturated heterocycles. The third kappa shape index (κ3) is 3.20. The first-order chi connectivity index (χ1) is 9.70. The highest BCUT2D eigenvalue weighted by Crippen LogP contribution is 2.24. The number of nitrogens with one attached hydrogen (secondary N) is 1. The lowest BCUT2D eigenvalue weighted by atomic mass is 10.2. The minimum absolute atomic E-state index is 0.0873. The monoisotopic (exact) mass is 334 g/mol. The largest absolute Gasteiger partial charge is 0.316 e. The number of rotatable bonds is 3. The van der Waals surface area contributed by atoms with Crippen LogP contribution < -0.4 is 10.5 Å². The molecule has 21 heavy (non-hydrogen) atoms. The van der Waals surface area contributed by atoms with Crippen LogP contribution in [0, 0.1) is 18.6 Å². The molecule has 0 saturated carbocycles. The fourth-order valence-electron chi connectivity index (χ4n) is 1.44. The van der Waals surface area contributed by atoms with Crippen molar-refractivity contribution in [2.45, 2.75) is 11.8 Å². The van der Waals surface area contributed by atoms with Crippen LogP contribution in [0.2, 0.25) is 0 Å². The molecule has 0 aliphatic rings. The lowest BCUT2D eigenvalue weighted by molar-refractivity contribution is 0.102. The Kier molecular flexibility index (Phi) is 3.98. The van der Waals surface area contributed by atoms with Gasteiger partial charge in [0.1, 0.15) is 10.6 Å². The lowest BCUT2D eigenvalue weighted by Gasteiger charge is -2.08. The number of anilines is 1. The number of sulfonamides is 1. The molecule has 3 N–H and O–H groups in total. The maximum absolute atomic E-state index is 13.7. The van der Waals surface area contributed by atoms with E-state index in [0.717, 1.165) is 11.5 Å². The summed E-state index contributed by atoms with van der Waals surface area (Å²) in [4.78, 5) is 11.2. The minimum atomic E-state index is -4.25. The molecule has 0 bridgehead atoms. The van der Waals surface area contributed by atoms with Gasteiger partial charge in [-0.15, -0.1) is 5.10 Å². The summed E-state index contributed by atoms with van der Waals surface area (Å²) in [5, 5.41) is 10.4. The van der Waals surface area contributed by atoms with E-state index in [-0.39, 0.29) is 4.88 Å². The zero-order valence-electron chi connectivity index (χ0n) is 10.4. The van der Waals surface area contributed by atoms with Crippen LogP contribution >= 0.6 is 11.5 Å². The quantitative estimate of drug-likeness (QED) is 0.870. The van der Waals surface area contributed by atoms with Crippen molar-refractivity contribution in [3.63, 3.8) is 0 Å². The van der Waals surface area contributed by atoms with Gasteiger partial charge in [0.15, 0.2) is 11.6 Å². The maximum Gasteiger partial charge on any atom is 0.269 e. The molecule has 1 heterocycles. The molecule has 0 fully saturated rings. The number of nitrogens with zero attached hydrogens (tertiary/aromatic N) is 2. The second-order valence-electron chi connectivity index (χ2n) is 3.95. The van der Waals surface area contributed by atoms with Crippen molar-refractivity contribution in [3.05, 3.63) is 34.3 Å². The van der Waals surface area contributed by atoms with Gasteiger partial charge in [-0.05, 0) is 30.6 Å². The number of aromatic nitrogens is 2. The van der Waals surface area contributed by atoms with E-state index in [4.69, 9.17) is 5.14 Å². The van der Waals surface area contributed by atoms with Gasteiger partial charge in [0.25, 0.3) is 5.91 Å². The van der Waals surface area contributed by atoms with Crippen molar-refractivity contribution in [1.29, 1.82) is 0 Å². The van der Waals surface area contributed by atoms with Gasteiger partial charge in [-0.1, -0.05) is 4.49 Å². The predicted octanol–water partition coefficient (Wildman–Crippen LogP) is 1.02. The van der Waals surface area contributed by atoms with Gasteiger partial charge in [-0.25, -0.2) is 22.3 Å². The summed E-state index contributed by atoms with van der Waals surface area (Å²) in [6.45, 7) is 1.51. The lowest BCUT2D eigenvalue weighted by Crippen LogP contribution is -2.16. The van der Waals surface area contributed by atoms with Crippen molar-refractivity contribution in [3.8, 4) is 0 Å². The SMILES string of the molecule is Cc1nnsc1C(=O)Nc1c(F)cc(S(N)(=O)=O)cc1F. The van der Waals surface area contributed by atoms with E-state index in [0.29, 0.717) is 17.8 Å². The molecule has 11 heteroatoms. The van der Waals surface area contributed by atoms with Crippen LogP contribution in [0.5, 0.6) is 0 Å². The van der Waals surface area contributed by atoms with Crippen molar-refractivity contribution in [1.82, 2.24) is 9.59 Å². The Morgan fingerprint density at radius 2 is 1.90 bits per heavy atom. The Bertz CT molecular complexity index is 796. The molecule has 7 nitrogen and oxygen atoms in total. The topological polar surface area (TPSA) is 115 Å². The first-order valence-electron chi connectivity index (χ1n) is 5.32. The van der Waals surface area contributed by atoms with Crippen LogP contribution in [0.15, 0.2) is 17.0 Å². The van der Waals surface area contributed by atoms with Crippen molar-refractivity contribution in [2.24, 2.45) is 5.14 Å². The Morgan fingerprint density at radius 3 is 2.33 bits per heavy atom. The highest BCUT2D eigenvalue weighted by Gasteiger charge is 2.21. The molecule has 112 valence electrons. The molecular formula is C10H8F2N4O3S2. The van der Waals surface area contributed by atoms with Gasteiger partial charge in [0, 0.05) is 0 Å². The fourth-order valence-corrected chi connectivity index (χ4v) is 2.53. The molecule has 2 rings (SSSR count). The van der Waals surface area contributed by atoms with Gasteiger partial charge < -0.3 is 5.32 Å². The molecule has 2 aromatic rings. The first-order valence-corrected chi connectivity index (χ1v) is 7.64. The van der Waals surface area contributed by atoms with Crippen LogP contribution in [-0.4, -0.2) is 23.9 Å². The minimum Gasteiger partial charge on any atom is -0.316 e. The van der Waals surface area contributed by atoms with Gasteiger partial charge in [-0.3, -0.25) is 4.79 Å². The molecular weight excluding hydrogens is 326 g/mol. The molecule has 0 radical (unpaired) electrons. The van der Waals surface area contributed by atoms with Crippen molar-refractivity contribution >= 4 is 33.2 Å². The molecule has 1 aromatic carbocycles. The smallest absolute Gasteiger partial charge is 0.269 e. The number of nitrogens with two attached hydrogens (primary N) is 1. The zero-order valence-corrected chi connectivity index (χ0v) is 12.1. The second-order valence-corrected chi connectivity index (χ2v) is 6.26. The maximum atomic E-state index is 13.7. The Labute approximate surface area is 122 Å². The van der Waals surface area contributed by atoms with E-state index in [9.17, 15) is 22.0 Å². The van der Waals surface area contributed by atoms with E-state index < -0.39 is 38.1 Å². The normalized spacial score (nSPS) is 11.4. The van der Waals surface area contributed by atoms with E-state index in [1.54, 1.807) is 0 Å². The van der Waals surface area contributed by atoms with Gasteiger partial charge in [0.2, 0.25) is 10.0 Å². The average Bonchev–Trinajstić information content (AvgIpc) is 2.78. The van der Waals surface area contributed by atoms with Gasteiger partial charge >= 0.3 is 0 Å². The Morgan fingerprint density at radius 1 is 1.33 bits per heavy atom. The van der Waals surface area contributed by atoms with Gasteiger partial charge in [0.05, 0.1) is 10.6 Å². The predicted molar refractivity (Wildman–Crippen MR) is 70.3 cm³/mol. The number of amides is 1. The molecule has 0 spiro atoms. The van der Waals surface area contributed by atoms with Crippen molar-refractivity contribution in [2.75, 3.05) is 5.32 Å². The van der Waals surface area contributed by atoms with E-state index >= 15 is 0 Å². The molecule has 1 aromatic heterocycles. The van der Waals surface area contributed by atoms with E-state index in [1.807, 2.05) is 5.32 Å². The molecule has 0 atom stereocenters.